The molecule has 22 heavy (non-hydrogen) atoms. The lowest BCUT2D eigenvalue weighted by atomic mass is 9.97. The van der Waals surface area contributed by atoms with E-state index >= 15 is 0 Å². The Morgan fingerprint density at radius 1 is 1.32 bits per heavy atom. The molecule has 0 saturated carbocycles. The van der Waals surface area contributed by atoms with Crippen molar-refractivity contribution in [2.45, 2.75) is 45.6 Å². The molecule has 0 aromatic carbocycles. The Hall–Kier alpha value is 0.310. The van der Waals surface area contributed by atoms with Crippen LogP contribution in [-0.4, -0.2) is 62.1 Å². The van der Waals surface area contributed by atoms with Crippen molar-refractivity contribution in [2.75, 3.05) is 45.2 Å². The van der Waals surface area contributed by atoms with Gasteiger partial charge >= 0.3 is 0 Å². The van der Waals surface area contributed by atoms with E-state index in [1.807, 2.05) is 18.8 Å². The van der Waals surface area contributed by atoms with Crippen molar-refractivity contribution in [1.82, 2.24) is 15.5 Å². The van der Waals surface area contributed by atoms with Gasteiger partial charge in [-0.25, -0.2) is 0 Å². The van der Waals surface area contributed by atoms with Gasteiger partial charge in [-0.1, -0.05) is 0 Å². The second kappa shape index (κ2) is 13.7. The maximum Gasteiger partial charge on any atom is 0.190 e. The first-order chi connectivity index (χ1) is 10.2. The summed E-state index contributed by atoms with van der Waals surface area (Å²) in [5.74, 6) is 2.96. The average Bonchev–Trinajstić information content (AvgIpc) is 2.50. The Morgan fingerprint density at radius 2 is 2.09 bits per heavy atom. The van der Waals surface area contributed by atoms with E-state index in [9.17, 15) is 0 Å². The zero-order chi connectivity index (χ0) is 15.5. The molecule has 0 radical (unpaired) electrons. The molecule has 0 spiro atoms. The summed E-state index contributed by atoms with van der Waals surface area (Å²) in [5.41, 5.74) is 0. The van der Waals surface area contributed by atoms with Crippen LogP contribution < -0.4 is 10.6 Å². The number of guanidine groups is 1. The summed E-state index contributed by atoms with van der Waals surface area (Å²) in [6, 6.07) is 0.668. The van der Waals surface area contributed by atoms with Gasteiger partial charge in [0.25, 0.3) is 0 Å². The predicted octanol–water partition coefficient (Wildman–Crippen LogP) is 3.03. The Bertz CT molecular complexity index is 300. The second-order valence-electron chi connectivity index (χ2n) is 6.18. The van der Waals surface area contributed by atoms with E-state index in [4.69, 9.17) is 0 Å². The van der Waals surface area contributed by atoms with Gasteiger partial charge in [0, 0.05) is 32.7 Å². The van der Waals surface area contributed by atoms with Gasteiger partial charge < -0.3 is 15.5 Å². The third kappa shape index (κ3) is 9.45. The normalized spacial score (nSPS) is 19.9. The summed E-state index contributed by atoms with van der Waals surface area (Å²) in [7, 11) is 1.86. The third-order valence-corrected chi connectivity index (χ3v) is 4.83. The van der Waals surface area contributed by atoms with E-state index in [2.05, 4.69) is 40.6 Å². The second-order valence-corrected chi connectivity index (χ2v) is 7.16. The van der Waals surface area contributed by atoms with Crippen LogP contribution in [-0.2, 0) is 0 Å². The molecule has 0 bridgehead atoms. The molecule has 132 valence electrons. The van der Waals surface area contributed by atoms with E-state index in [-0.39, 0.29) is 24.0 Å². The molecule has 6 heteroatoms. The lowest BCUT2D eigenvalue weighted by Crippen LogP contribution is -2.46. The highest BCUT2D eigenvalue weighted by atomic mass is 127. The molecule has 1 aliphatic heterocycles. The maximum absolute atomic E-state index is 4.32. The van der Waals surface area contributed by atoms with E-state index in [0.29, 0.717) is 6.04 Å². The number of unbranched alkanes of at least 4 members (excludes halogenated alkanes) is 1. The highest BCUT2D eigenvalue weighted by Gasteiger charge is 2.21. The number of piperidine rings is 1. The van der Waals surface area contributed by atoms with Crippen LogP contribution in [0.25, 0.3) is 0 Å². The molecule has 0 aromatic rings. The molecule has 0 amide bonds. The number of nitrogens with one attached hydrogen (secondary N) is 2. The number of likely N-dealkylation sites (tertiary alicyclic amines) is 1. The fourth-order valence-electron chi connectivity index (χ4n) is 2.77. The zero-order valence-electron chi connectivity index (χ0n) is 14.7. The van der Waals surface area contributed by atoms with Gasteiger partial charge in [-0.2, -0.15) is 11.8 Å². The quantitative estimate of drug-likeness (QED) is 0.262. The number of halogens is 1. The molecular formula is C16H35IN4S. The predicted molar refractivity (Wildman–Crippen MR) is 112 cm³/mol. The lowest BCUT2D eigenvalue weighted by molar-refractivity contribution is 0.141. The summed E-state index contributed by atoms with van der Waals surface area (Å²) in [5, 5.41) is 6.91. The minimum atomic E-state index is 0. The van der Waals surface area contributed by atoms with Gasteiger partial charge in [0.1, 0.15) is 0 Å². The van der Waals surface area contributed by atoms with Crippen LogP contribution in [0, 0.1) is 5.92 Å². The molecule has 1 heterocycles. The Kier molecular flexibility index (Phi) is 13.9. The molecule has 1 aliphatic rings. The van der Waals surface area contributed by atoms with Crippen molar-refractivity contribution >= 4 is 41.7 Å². The van der Waals surface area contributed by atoms with Crippen LogP contribution in [0.15, 0.2) is 4.99 Å². The molecule has 1 unspecified atom stereocenters. The maximum atomic E-state index is 4.32. The molecule has 1 saturated heterocycles. The van der Waals surface area contributed by atoms with Crippen molar-refractivity contribution in [3.63, 3.8) is 0 Å². The summed E-state index contributed by atoms with van der Waals surface area (Å²) in [6.07, 6.45) is 7.31. The number of aliphatic imine (C=N–C) groups is 1. The molecule has 1 rings (SSSR count). The fraction of sp³-hybridized carbons (Fsp3) is 0.938. The summed E-state index contributed by atoms with van der Waals surface area (Å²) >= 11 is 1.92. The standard InChI is InChI=1S/C16H34N4S.HI/c1-14(2)20-10-7-8-15(13-20)12-19-16(17-3)18-9-5-6-11-21-4;/h14-15H,5-13H2,1-4H3,(H2,17,18,19);1H. The van der Waals surface area contributed by atoms with Crippen LogP contribution in [0.1, 0.15) is 39.5 Å². The first-order valence-corrected chi connectivity index (χ1v) is 9.74. The molecule has 0 aromatic heterocycles. The number of hydrogen-bond acceptors (Lipinski definition) is 3. The number of rotatable bonds is 8. The van der Waals surface area contributed by atoms with Crippen LogP contribution in [0.5, 0.6) is 0 Å². The first kappa shape index (κ1) is 22.3. The summed E-state index contributed by atoms with van der Waals surface area (Å²) in [4.78, 5) is 6.91. The van der Waals surface area contributed by atoms with Gasteiger partial charge in [0.15, 0.2) is 5.96 Å². The van der Waals surface area contributed by atoms with Gasteiger partial charge in [-0.15, -0.1) is 24.0 Å². The molecular weight excluding hydrogens is 407 g/mol. The van der Waals surface area contributed by atoms with Crippen LogP contribution >= 0.6 is 35.7 Å². The molecule has 1 fully saturated rings. The smallest absolute Gasteiger partial charge is 0.190 e. The highest BCUT2D eigenvalue weighted by molar-refractivity contribution is 14.0. The summed E-state index contributed by atoms with van der Waals surface area (Å²) in [6.45, 7) is 9.12. The Morgan fingerprint density at radius 3 is 2.73 bits per heavy atom. The van der Waals surface area contributed by atoms with Gasteiger partial charge in [-0.05, 0) is 64.0 Å². The number of thioether (sulfide) groups is 1. The third-order valence-electron chi connectivity index (χ3n) is 4.13. The SMILES string of the molecule is CN=C(NCCCCSC)NCC1CCCN(C(C)C)C1.I. The average molecular weight is 442 g/mol. The molecule has 0 aliphatic carbocycles. The minimum absolute atomic E-state index is 0. The zero-order valence-corrected chi connectivity index (χ0v) is 17.9. The van der Waals surface area contributed by atoms with Crippen molar-refractivity contribution in [3.8, 4) is 0 Å². The Labute approximate surface area is 158 Å². The fourth-order valence-corrected chi connectivity index (χ4v) is 3.27. The Balaban J connectivity index is 0.00000441. The van der Waals surface area contributed by atoms with Crippen LogP contribution in [0.4, 0.5) is 0 Å². The van der Waals surface area contributed by atoms with Crippen LogP contribution in [0.2, 0.25) is 0 Å². The monoisotopic (exact) mass is 442 g/mol. The van der Waals surface area contributed by atoms with Gasteiger partial charge in [-0.3, -0.25) is 4.99 Å². The minimum Gasteiger partial charge on any atom is -0.356 e. The van der Waals surface area contributed by atoms with Crippen molar-refractivity contribution in [3.05, 3.63) is 0 Å². The molecule has 2 N–H and O–H groups in total. The first-order valence-electron chi connectivity index (χ1n) is 8.34. The van der Waals surface area contributed by atoms with Crippen LogP contribution in [0.3, 0.4) is 0 Å². The van der Waals surface area contributed by atoms with E-state index < -0.39 is 0 Å². The van der Waals surface area contributed by atoms with Crippen molar-refractivity contribution in [1.29, 1.82) is 0 Å². The molecule has 1 atom stereocenters. The van der Waals surface area contributed by atoms with E-state index in [1.54, 1.807) is 0 Å². The van der Waals surface area contributed by atoms with E-state index in [0.717, 1.165) is 25.0 Å². The highest BCUT2D eigenvalue weighted by Crippen LogP contribution is 2.17. The topological polar surface area (TPSA) is 39.7 Å². The lowest BCUT2D eigenvalue weighted by Gasteiger charge is -2.35. The van der Waals surface area contributed by atoms with Gasteiger partial charge in [0.05, 0.1) is 0 Å². The largest absolute Gasteiger partial charge is 0.356 e. The van der Waals surface area contributed by atoms with Gasteiger partial charge in [0.2, 0.25) is 0 Å². The van der Waals surface area contributed by atoms with Crippen molar-refractivity contribution in [2.24, 2.45) is 10.9 Å². The van der Waals surface area contributed by atoms with E-state index in [1.165, 1.54) is 44.5 Å². The van der Waals surface area contributed by atoms with Crippen molar-refractivity contribution < 1.29 is 0 Å². The summed E-state index contributed by atoms with van der Waals surface area (Å²) < 4.78 is 0. The number of nitrogens with zero attached hydrogens (tertiary/aromatic N) is 2. The number of hydrogen-bond donors (Lipinski definition) is 2. The molecule has 4 nitrogen and oxygen atoms in total.